The van der Waals surface area contributed by atoms with Crippen molar-refractivity contribution in [2.45, 2.75) is 45.8 Å². The quantitative estimate of drug-likeness (QED) is 0.302. The van der Waals surface area contributed by atoms with Gasteiger partial charge < -0.3 is 9.47 Å². The SMILES string of the molecule is C=C(C)C(=O)OC(C)(C)CC(C)OC(=O)c1c2ccccc2cc2ccccc12. The van der Waals surface area contributed by atoms with E-state index in [-0.39, 0.29) is 5.97 Å². The molecule has 29 heavy (non-hydrogen) atoms. The molecule has 4 heteroatoms. The predicted molar refractivity (Wildman–Crippen MR) is 116 cm³/mol. The summed E-state index contributed by atoms with van der Waals surface area (Å²) in [6.07, 6.45) is -0.0614. The molecule has 0 heterocycles. The third-order valence-corrected chi connectivity index (χ3v) is 4.78. The molecule has 0 aromatic heterocycles. The Kier molecular flexibility index (Phi) is 5.73. The molecular formula is C25H26O4. The largest absolute Gasteiger partial charge is 0.459 e. The van der Waals surface area contributed by atoms with E-state index in [0.717, 1.165) is 21.5 Å². The van der Waals surface area contributed by atoms with Crippen LogP contribution in [0.25, 0.3) is 21.5 Å². The van der Waals surface area contributed by atoms with Crippen LogP contribution in [0.4, 0.5) is 0 Å². The van der Waals surface area contributed by atoms with Gasteiger partial charge in [-0.15, -0.1) is 0 Å². The fourth-order valence-electron chi connectivity index (χ4n) is 3.59. The summed E-state index contributed by atoms with van der Waals surface area (Å²) < 4.78 is 11.2. The molecule has 0 bridgehead atoms. The lowest BCUT2D eigenvalue weighted by Gasteiger charge is -2.28. The Morgan fingerprint density at radius 3 is 2.03 bits per heavy atom. The molecule has 0 N–H and O–H groups in total. The summed E-state index contributed by atoms with van der Waals surface area (Å²) >= 11 is 0. The van der Waals surface area contributed by atoms with Crippen LogP contribution < -0.4 is 0 Å². The highest BCUT2D eigenvalue weighted by Crippen LogP contribution is 2.30. The number of carbonyl (C=O) groups is 2. The first-order valence-electron chi connectivity index (χ1n) is 9.68. The van der Waals surface area contributed by atoms with Gasteiger partial charge in [-0.3, -0.25) is 0 Å². The van der Waals surface area contributed by atoms with E-state index in [1.807, 2.05) is 55.5 Å². The summed E-state index contributed by atoms with van der Waals surface area (Å²) in [6, 6.07) is 17.6. The van der Waals surface area contributed by atoms with Gasteiger partial charge in [0.15, 0.2) is 0 Å². The zero-order chi connectivity index (χ0) is 21.2. The van der Waals surface area contributed by atoms with E-state index in [0.29, 0.717) is 17.6 Å². The van der Waals surface area contributed by atoms with E-state index in [4.69, 9.17) is 9.47 Å². The first-order chi connectivity index (χ1) is 13.7. The molecule has 0 aliphatic heterocycles. The maximum atomic E-state index is 13.2. The fourth-order valence-corrected chi connectivity index (χ4v) is 3.59. The van der Waals surface area contributed by atoms with Gasteiger partial charge in [-0.1, -0.05) is 55.1 Å². The van der Waals surface area contributed by atoms with Crippen LogP contribution in [-0.2, 0) is 14.3 Å². The number of ether oxygens (including phenoxy) is 2. The van der Waals surface area contributed by atoms with Crippen molar-refractivity contribution < 1.29 is 19.1 Å². The average Bonchev–Trinajstić information content (AvgIpc) is 2.64. The van der Waals surface area contributed by atoms with Crippen molar-refractivity contribution in [2.75, 3.05) is 0 Å². The van der Waals surface area contributed by atoms with Gasteiger partial charge in [0.1, 0.15) is 11.7 Å². The van der Waals surface area contributed by atoms with Crippen molar-refractivity contribution in [2.24, 2.45) is 0 Å². The molecule has 150 valence electrons. The lowest BCUT2D eigenvalue weighted by atomic mass is 9.96. The van der Waals surface area contributed by atoms with E-state index in [2.05, 4.69) is 12.6 Å². The van der Waals surface area contributed by atoms with E-state index < -0.39 is 17.7 Å². The third kappa shape index (κ3) is 4.65. The Labute approximate surface area is 171 Å². The third-order valence-electron chi connectivity index (χ3n) is 4.78. The monoisotopic (exact) mass is 390 g/mol. The number of benzene rings is 3. The number of fused-ring (bicyclic) bond motifs is 2. The first-order valence-corrected chi connectivity index (χ1v) is 9.68. The van der Waals surface area contributed by atoms with Gasteiger partial charge in [0, 0.05) is 12.0 Å². The Morgan fingerprint density at radius 1 is 1.00 bits per heavy atom. The zero-order valence-corrected chi connectivity index (χ0v) is 17.3. The molecule has 3 aromatic carbocycles. The molecule has 0 aliphatic rings. The van der Waals surface area contributed by atoms with Gasteiger partial charge in [0.05, 0.1) is 5.56 Å². The average molecular weight is 390 g/mol. The van der Waals surface area contributed by atoms with E-state index in [1.165, 1.54) is 0 Å². The highest BCUT2D eigenvalue weighted by Gasteiger charge is 2.28. The predicted octanol–water partition coefficient (Wildman–Crippen LogP) is 5.83. The maximum Gasteiger partial charge on any atom is 0.339 e. The Bertz CT molecular complexity index is 1040. The summed E-state index contributed by atoms with van der Waals surface area (Å²) in [5.41, 5.74) is 0.114. The summed E-state index contributed by atoms with van der Waals surface area (Å²) in [6.45, 7) is 10.6. The number of carbonyl (C=O) groups excluding carboxylic acids is 2. The summed E-state index contributed by atoms with van der Waals surface area (Å²) in [4.78, 5) is 25.0. The minimum Gasteiger partial charge on any atom is -0.459 e. The van der Waals surface area contributed by atoms with Crippen LogP contribution in [0.3, 0.4) is 0 Å². The molecule has 0 saturated carbocycles. The molecule has 3 aromatic rings. The van der Waals surface area contributed by atoms with Gasteiger partial charge in [0.2, 0.25) is 0 Å². The number of esters is 2. The van der Waals surface area contributed by atoms with E-state index >= 15 is 0 Å². The summed E-state index contributed by atoms with van der Waals surface area (Å²) in [5, 5.41) is 3.69. The fraction of sp³-hybridized carbons (Fsp3) is 0.280. The van der Waals surface area contributed by atoms with Crippen LogP contribution >= 0.6 is 0 Å². The summed E-state index contributed by atoms with van der Waals surface area (Å²) in [7, 11) is 0. The van der Waals surface area contributed by atoms with Crippen molar-refractivity contribution in [3.8, 4) is 0 Å². The molecule has 0 saturated heterocycles. The van der Waals surface area contributed by atoms with Gasteiger partial charge in [-0.25, -0.2) is 9.59 Å². The maximum absolute atomic E-state index is 13.2. The van der Waals surface area contributed by atoms with Crippen molar-refractivity contribution in [1.82, 2.24) is 0 Å². The van der Waals surface area contributed by atoms with Crippen LogP contribution in [0.1, 0.15) is 44.5 Å². The van der Waals surface area contributed by atoms with E-state index in [1.54, 1.807) is 20.8 Å². The van der Waals surface area contributed by atoms with Gasteiger partial charge in [-0.2, -0.15) is 0 Å². The minimum atomic E-state index is -0.781. The Hall–Kier alpha value is -3.14. The Morgan fingerprint density at radius 2 is 1.52 bits per heavy atom. The molecule has 0 fully saturated rings. The van der Waals surface area contributed by atoms with Gasteiger partial charge >= 0.3 is 11.9 Å². The van der Waals surface area contributed by atoms with Gasteiger partial charge in [0.25, 0.3) is 0 Å². The minimum absolute atomic E-state index is 0.338. The van der Waals surface area contributed by atoms with Crippen molar-refractivity contribution in [1.29, 1.82) is 0 Å². The number of rotatable bonds is 6. The Balaban J connectivity index is 1.87. The molecule has 1 atom stereocenters. The van der Waals surface area contributed by atoms with Gasteiger partial charge in [-0.05, 0) is 55.3 Å². The van der Waals surface area contributed by atoms with Crippen molar-refractivity contribution in [3.05, 3.63) is 72.3 Å². The van der Waals surface area contributed by atoms with Crippen LogP contribution in [-0.4, -0.2) is 23.6 Å². The molecule has 0 amide bonds. The van der Waals surface area contributed by atoms with Crippen LogP contribution in [0.2, 0.25) is 0 Å². The molecule has 0 aliphatic carbocycles. The second-order valence-electron chi connectivity index (χ2n) is 8.04. The first kappa shape index (κ1) is 20.6. The van der Waals surface area contributed by atoms with Crippen molar-refractivity contribution in [3.63, 3.8) is 0 Å². The van der Waals surface area contributed by atoms with Crippen LogP contribution in [0, 0.1) is 0 Å². The van der Waals surface area contributed by atoms with Crippen LogP contribution in [0.15, 0.2) is 66.7 Å². The zero-order valence-electron chi connectivity index (χ0n) is 17.3. The normalized spacial score (nSPS) is 12.6. The number of hydrogen-bond donors (Lipinski definition) is 0. The molecule has 0 spiro atoms. The molecule has 3 rings (SSSR count). The number of hydrogen-bond acceptors (Lipinski definition) is 4. The molecule has 1 unspecified atom stereocenters. The molecule has 0 radical (unpaired) electrons. The summed E-state index contributed by atoms with van der Waals surface area (Å²) in [5.74, 6) is -0.832. The second-order valence-corrected chi connectivity index (χ2v) is 8.04. The second kappa shape index (κ2) is 8.08. The lowest BCUT2D eigenvalue weighted by Crippen LogP contribution is -2.33. The standard InChI is InChI=1S/C25H26O4/c1-16(2)23(26)29-25(4,5)15-17(3)28-24(27)22-20-12-8-6-10-18(20)14-19-11-7-9-13-21(19)22/h6-14,17H,1,15H2,2-5H3. The molecule has 4 nitrogen and oxygen atoms in total. The topological polar surface area (TPSA) is 52.6 Å². The van der Waals surface area contributed by atoms with E-state index in [9.17, 15) is 9.59 Å². The highest BCUT2D eigenvalue weighted by atomic mass is 16.6. The highest BCUT2D eigenvalue weighted by molar-refractivity contribution is 6.16. The smallest absolute Gasteiger partial charge is 0.339 e. The van der Waals surface area contributed by atoms with Crippen LogP contribution in [0.5, 0.6) is 0 Å². The van der Waals surface area contributed by atoms with Crippen molar-refractivity contribution >= 4 is 33.5 Å². The lowest BCUT2D eigenvalue weighted by molar-refractivity contribution is -0.153. The molecular weight excluding hydrogens is 364 g/mol.